The first-order valence-electron chi connectivity index (χ1n) is 5.85. The van der Waals surface area contributed by atoms with Crippen LogP contribution in [0.25, 0.3) is 0 Å². The maximum Gasteiger partial charge on any atom is 0.390 e. The largest absolute Gasteiger partial charge is 0.468 e. The monoisotopic (exact) mass is 307 g/mol. The number of alkyl halides is 3. The molecule has 0 aromatic rings. The van der Waals surface area contributed by atoms with E-state index in [-0.39, 0.29) is 32.0 Å². The molecule has 0 aliphatic heterocycles. The first-order valence-corrected chi connectivity index (χ1v) is 5.85. The molecule has 0 aromatic heterocycles. The van der Waals surface area contributed by atoms with Gasteiger partial charge >= 0.3 is 12.1 Å². The molecule has 8 heteroatoms. The summed E-state index contributed by atoms with van der Waals surface area (Å²) in [5.74, 6) is -0.611. The number of nitrogens with zero attached hydrogens (tertiary/aromatic N) is 1. The van der Waals surface area contributed by atoms with Gasteiger partial charge in [-0.15, -0.1) is 12.4 Å². The Hall–Kier alpha value is -0.530. The van der Waals surface area contributed by atoms with Crippen LogP contribution in [0.1, 0.15) is 26.2 Å². The maximum absolute atomic E-state index is 12.2. The van der Waals surface area contributed by atoms with Crippen molar-refractivity contribution in [3.63, 3.8) is 0 Å². The van der Waals surface area contributed by atoms with Gasteiger partial charge in [-0.05, 0) is 19.4 Å². The highest BCUT2D eigenvalue weighted by Crippen LogP contribution is 2.21. The van der Waals surface area contributed by atoms with E-state index < -0.39 is 24.6 Å². The van der Waals surface area contributed by atoms with Crippen molar-refractivity contribution in [1.82, 2.24) is 4.90 Å². The van der Waals surface area contributed by atoms with Crippen molar-refractivity contribution in [2.75, 3.05) is 26.8 Å². The summed E-state index contributed by atoms with van der Waals surface area (Å²) in [6.07, 6.45) is -4.54. The van der Waals surface area contributed by atoms with E-state index in [1.807, 2.05) is 6.92 Å². The van der Waals surface area contributed by atoms with Crippen LogP contribution in [0.2, 0.25) is 0 Å². The van der Waals surface area contributed by atoms with Crippen LogP contribution in [0, 0.1) is 0 Å². The highest BCUT2D eigenvalue weighted by atomic mass is 35.5. The molecule has 0 fully saturated rings. The zero-order valence-corrected chi connectivity index (χ0v) is 11.9. The van der Waals surface area contributed by atoms with Gasteiger partial charge in [-0.1, -0.05) is 6.92 Å². The van der Waals surface area contributed by atoms with E-state index in [2.05, 4.69) is 4.74 Å². The molecule has 0 aromatic carbocycles. The van der Waals surface area contributed by atoms with Gasteiger partial charge in [-0.25, -0.2) is 0 Å². The van der Waals surface area contributed by atoms with Crippen molar-refractivity contribution in [3.05, 3.63) is 0 Å². The van der Waals surface area contributed by atoms with Crippen molar-refractivity contribution < 1.29 is 27.8 Å². The van der Waals surface area contributed by atoms with Crippen molar-refractivity contribution >= 4 is 18.4 Å². The van der Waals surface area contributed by atoms with Gasteiger partial charge in [-0.2, -0.15) is 13.2 Å². The molecule has 1 N–H and O–H groups in total. The van der Waals surface area contributed by atoms with Crippen LogP contribution in [-0.2, 0) is 9.53 Å². The van der Waals surface area contributed by atoms with Crippen LogP contribution in [-0.4, -0.2) is 55.0 Å². The fraction of sp³-hybridized carbons (Fsp3) is 0.909. The van der Waals surface area contributed by atoms with Crippen LogP contribution in [0.3, 0.4) is 0 Å². The number of esters is 1. The van der Waals surface area contributed by atoms with Gasteiger partial charge in [0, 0.05) is 13.2 Å². The van der Waals surface area contributed by atoms with E-state index in [9.17, 15) is 18.0 Å². The molecule has 116 valence electrons. The molecule has 0 spiro atoms. The summed E-state index contributed by atoms with van der Waals surface area (Å²) >= 11 is 0. The third-order valence-corrected chi connectivity index (χ3v) is 2.51. The predicted molar refractivity (Wildman–Crippen MR) is 67.3 cm³/mol. The van der Waals surface area contributed by atoms with Crippen LogP contribution in [0.5, 0.6) is 0 Å². The number of carbonyl (C=O) groups is 1. The van der Waals surface area contributed by atoms with E-state index in [0.717, 1.165) is 0 Å². The topological polar surface area (TPSA) is 49.8 Å². The number of hydrogen-bond acceptors (Lipinski definition) is 4. The van der Waals surface area contributed by atoms with E-state index in [1.165, 1.54) is 12.0 Å². The third kappa shape index (κ3) is 9.07. The molecule has 0 radical (unpaired) electrons. The zero-order valence-electron chi connectivity index (χ0n) is 11.1. The number of rotatable bonds is 8. The van der Waals surface area contributed by atoms with Gasteiger partial charge in [0.15, 0.2) is 0 Å². The molecule has 0 amide bonds. The summed E-state index contributed by atoms with van der Waals surface area (Å²) in [5.41, 5.74) is 0. The minimum absolute atomic E-state index is 0. The van der Waals surface area contributed by atoms with Crippen molar-refractivity contribution in [2.45, 2.75) is 38.4 Å². The number of aliphatic hydroxyl groups excluding tert-OH is 1. The Balaban J connectivity index is 0. The standard InChI is InChI=1S/C11H20F3NO3.ClH/c1-3-6-15(7-5-11(12,13)14)9(4-8-16)10(17)18-2;/h9,16H,3-8H2,1-2H3;1H. The highest BCUT2D eigenvalue weighted by Gasteiger charge is 2.31. The average molecular weight is 308 g/mol. The fourth-order valence-electron chi connectivity index (χ4n) is 1.69. The van der Waals surface area contributed by atoms with E-state index >= 15 is 0 Å². The number of aliphatic hydroxyl groups is 1. The van der Waals surface area contributed by atoms with Crippen LogP contribution < -0.4 is 0 Å². The van der Waals surface area contributed by atoms with Crippen LogP contribution in [0.15, 0.2) is 0 Å². The van der Waals surface area contributed by atoms with Crippen LogP contribution >= 0.6 is 12.4 Å². The Morgan fingerprint density at radius 3 is 2.32 bits per heavy atom. The number of halogens is 4. The molecule has 0 saturated carbocycles. The Morgan fingerprint density at radius 1 is 1.37 bits per heavy atom. The maximum atomic E-state index is 12.2. The number of methoxy groups -OCH3 is 1. The first kappa shape index (κ1) is 20.8. The Labute approximate surface area is 117 Å². The summed E-state index contributed by atoms with van der Waals surface area (Å²) < 4.78 is 41.1. The smallest absolute Gasteiger partial charge is 0.390 e. The second kappa shape index (κ2) is 10.3. The molecule has 4 nitrogen and oxygen atoms in total. The molecule has 0 heterocycles. The summed E-state index contributed by atoms with van der Waals surface area (Å²) in [5, 5.41) is 8.87. The van der Waals surface area contributed by atoms with Crippen LogP contribution in [0.4, 0.5) is 13.2 Å². The minimum atomic E-state index is -4.26. The Bertz CT molecular complexity index is 252. The lowest BCUT2D eigenvalue weighted by Gasteiger charge is -2.29. The average Bonchev–Trinajstić information content (AvgIpc) is 2.30. The van der Waals surface area contributed by atoms with Gasteiger partial charge in [-0.3, -0.25) is 9.69 Å². The fourth-order valence-corrected chi connectivity index (χ4v) is 1.69. The van der Waals surface area contributed by atoms with Gasteiger partial charge in [0.25, 0.3) is 0 Å². The zero-order chi connectivity index (χ0) is 14.2. The van der Waals surface area contributed by atoms with E-state index in [0.29, 0.717) is 13.0 Å². The lowest BCUT2D eigenvalue weighted by atomic mass is 10.1. The normalized spacial score (nSPS) is 13.0. The van der Waals surface area contributed by atoms with Crippen molar-refractivity contribution in [3.8, 4) is 0 Å². The summed E-state index contributed by atoms with van der Waals surface area (Å²) in [6, 6.07) is -0.817. The van der Waals surface area contributed by atoms with Gasteiger partial charge < -0.3 is 9.84 Å². The molecule has 0 aliphatic rings. The Kier molecular flexibility index (Phi) is 11.2. The summed E-state index contributed by atoms with van der Waals surface area (Å²) in [6.45, 7) is 1.63. The van der Waals surface area contributed by atoms with Gasteiger partial charge in [0.1, 0.15) is 6.04 Å². The second-order valence-corrected chi connectivity index (χ2v) is 3.95. The van der Waals surface area contributed by atoms with E-state index in [4.69, 9.17) is 5.11 Å². The molecule has 1 atom stereocenters. The lowest BCUT2D eigenvalue weighted by Crippen LogP contribution is -2.44. The number of ether oxygens (including phenoxy) is 1. The first-order chi connectivity index (χ1) is 8.35. The van der Waals surface area contributed by atoms with Crippen molar-refractivity contribution in [2.24, 2.45) is 0 Å². The predicted octanol–water partition coefficient (Wildman–Crippen LogP) is 2.00. The van der Waals surface area contributed by atoms with Gasteiger partial charge in [0.2, 0.25) is 0 Å². The molecular weight excluding hydrogens is 287 g/mol. The molecule has 0 rings (SSSR count). The molecule has 19 heavy (non-hydrogen) atoms. The molecule has 0 saturated heterocycles. The molecule has 1 unspecified atom stereocenters. The summed E-state index contributed by atoms with van der Waals surface area (Å²) in [7, 11) is 1.18. The van der Waals surface area contributed by atoms with Crippen molar-refractivity contribution in [1.29, 1.82) is 0 Å². The van der Waals surface area contributed by atoms with E-state index in [1.54, 1.807) is 0 Å². The number of hydrogen-bond donors (Lipinski definition) is 1. The highest BCUT2D eigenvalue weighted by molar-refractivity contribution is 5.85. The number of carbonyl (C=O) groups excluding carboxylic acids is 1. The quantitative estimate of drug-likeness (QED) is 0.697. The third-order valence-electron chi connectivity index (χ3n) is 2.51. The summed E-state index contributed by atoms with van der Waals surface area (Å²) in [4.78, 5) is 12.9. The minimum Gasteiger partial charge on any atom is -0.468 e. The SMILES string of the molecule is CCCN(CCC(F)(F)F)C(CCO)C(=O)OC.Cl. The second-order valence-electron chi connectivity index (χ2n) is 3.95. The molecular formula is C11H21ClF3NO3. The van der Waals surface area contributed by atoms with Gasteiger partial charge in [0.05, 0.1) is 13.5 Å². The lowest BCUT2D eigenvalue weighted by molar-refractivity contribution is -0.153. The molecule has 0 bridgehead atoms. The Morgan fingerprint density at radius 2 is 1.95 bits per heavy atom. The molecule has 0 aliphatic carbocycles.